The molecule has 1 saturated heterocycles. The number of rotatable bonds is 2. The average Bonchev–Trinajstić information content (AvgIpc) is 2.79. The lowest BCUT2D eigenvalue weighted by atomic mass is 10.0. The summed E-state index contributed by atoms with van der Waals surface area (Å²) in [5.41, 5.74) is 2.99. The third kappa shape index (κ3) is 2.60. The van der Waals surface area contributed by atoms with Crippen LogP contribution in [0.15, 0.2) is 28.7 Å². The van der Waals surface area contributed by atoms with E-state index in [1.807, 2.05) is 13.8 Å². The highest BCUT2D eigenvalue weighted by Gasteiger charge is 2.33. The summed E-state index contributed by atoms with van der Waals surface area (Å²) in [7, 11) is -1.77. The highest BCUT2D eigenvalue weighted by atomic mass is 32.2. The second-order valence-corrected chi connectivity index (χ2v) is 8.32. The van der Waals surface area contributed by atoms with E-state index in [0.29, 0.717) is 18.7 Å². The van der Waals surface area contributed by atoms with E-state index in [-0.39, 0.29) is 10.8 Å². The Kier molecular flexibility index (Phi) is 4.06. The molecule has 0 spiro atoms. The standard InChI is InChI=1S/C17H22N2O3S/c1-12(2)16-14-11-13(7-8-15(14)18(3)17(16)20)23(21,22)19-9-5-4-6-10-19/h7-8,11H,4-6,9-10H2,1-3H3. The molecule has 1 fully saturated rings. The zero-order valence-corrected chi connectivity index (χ0v) is 14.6. The molecule has 0 aliphatic carbocycles. The van der Waals surface area contributed by atoms with Gasteiger partial charge in [0.25, 0.3) is 5.91 Å². The van der Waals surface area contributed by atoms with Crippen molar-refractivity contribution in [1.82, 2.24) is 4.31 Å². The van der Waals surface area contributed by atoms with Crippen LogP contribution in [0, 0.1) is 0 Å². The summed E-state index contributed by atoms with van der Waals surface area (Å²) in [6.45, 7) is 4.91. The molecule has 124 valence electrons. The zero-order chi connectivity index (χ0) is 16.8. The average molecular weight is 334 g/mol. The van der Waals surface area contributed by atoms with Crippen LogP contribution in [0.5, 0.6) is 0 Å². The molecule has 5 nitrogen and oxygen atoms in total. The molecule has 0 unspecified atom stereocenters. The Balaban J connectivity index is 2.08. The molecule has 3 rings (SSSR count). The first-order chi connectivity index (χ1) is 10.8. The van der Waals surface area contributed by atoms with Crippen LogP contribution in [0.1, 0.15) is 38.7 Å². The summed E-state index contributed by atoms with van der Waals surface area (Å²) in [4.78, 5) is 14.2. The summed E-state index contributed by atoms with van der Waals surface area (Å²) in [5.74, 6) is -0.0764. The van der Waals surface area contributed by atoms with E-state index in [1.165, 1.54) is 0 Å². The van der Waals surface area contributed by atoms with Gasteiger partial charge >= 0.3 is 0 Å². The highest BCUT2D eigenvalue weighted by Crippen LogP contribution is 2.39. The lowest BCUT2D eigenvalue weighted by molar-refractivity contribution is -0.112. The fourth-order valence-corrected chi connectivity index (χ4v) is 4.84. The van der Waals surface area contributed by atoms with E-state index >= 15 is 0 Å². The topological polar surface area (TPSA) is 57.7 Å². The van der Waals surface area contributed by atoms with Crippen molar-refractivity contribution in [2.45, 2.75) is 38.0 Å². The van der Waals surface area contributed by atoms with Gasteiger partial charge in [0, 0.05) is 31.3 Å². The molecule has 0 saturated carbocycles. The Bertz CT molecular complexity index is 786. The van der Waals surface area contributed by atoms with Crippen molar-refractivity contribution in [3.63, 3.8) is 0 Å². The first kappa shape index (κ1) is 16.2. The third-order valence-corrected chi connectivity index (χ3v) is 6.46. The van der Waals surface area contributed by atoms with Gasteiger partial charge in [0.15, 0.2) is 0 Å². The fourth-order valence-electron chi connectivity index (χ4n) is 3.30. The predicted octanol–water partition coefficient (Wildman–Crippen LogP) is 2.63. The fraction of sp³-hybridized carbons (Fsp3) is 0.471. The van der Waals surface area contributed by atoms with Gasteiger partial charge < -0.3 is 4.90 Å². The minimum atomic E-state index is -3.49. The van der Waals surface area contributed by atoms with Gasteiger partial charge in [-0.2, -0.15) is 4.31 Å². The van der Waals surface area contributed by atoms with Gasteiger partial charge in [-0.15, -0.1) is 0 Å². The maximum absolute atomic E-state index is 12.8. The van der Waals surface area contributed by atoms with Gasteiger partial charge in [-0.3, -0.25) is 4.79 Å². The maximum Gasteiger partial charge on any atom is 0.258 e. The molecule has 23 heavy (non-hydrogen) atoms. The van der Waals surface area contributed by atoms with E-state index in [4.69, 9.17) is 0 Å². The molecule has 0 atom stereocenters. The summed E-state index contributed by atoms with van der Waals surface area (Å²) in [6.07, 6.45) is 2.90. The summed E-state index contributed by atoms with van der Waals surface area (Å²) < 4.78 is 27.2. The Labute approximate surface area is 137 Å². The SMILES string of the molecule is CC(C)=C1C(=O)N(C)c2ccc(S(=O)(=O)N3CCCCC3)cc21. The number of nitrogens with zero attached hydrogens (tertiary/aromatic N) is 2. The van der Waals surface area contributed by atoms with Crippen LogP contribution in [0.2, 0.25) is 0 Å². The number of sulfonamides is 1. The van der Waals surface area contributed by atoms with Crippen molar-refractivity contribution in [1.29, 1.82) is 0 Å². The van der Waals surface area contributed by atoms with Gasteiger partial charge in [0.2, 0.25) is 10.0 Å². The summed E-state index contributed by atoms with van der Waals surface area (Å²) in [6, 6.07) is 5.00. The van der Waals surface area contributed by atoms with Gasteiger partial charge in [-0.1, -0.05) is 12.0 Å². The van der Waals surface area contributed by atoms with Gasteiger partial charge in [-0.05, 0) is 44.9 Å². The quantitative estimate of drug-likeness (QED) is 0.781. The Morgan fingerprint density at radius 3 is 2.35 bits per heavy atom. The van der Waals surface area contributed by atoms with Crippen LogP contribution in [-0.4, -0.2) is 38.8 Å². The number of carbonyl (C=O) groups excluding carboxylic acids is 1. The van der Waals surface area contributed by atoms with E-state index < -0.39 is 10.0 Å². The van der Waals surface area contributed by atoms with Crippen molar-refractivity contribution in [3.8, 4) is 0 Å². The first-order valence-corrected chi connectivity index (χ1v) is 9.38. The zero-order valence-electron chi connectivity index (χ0n) is 13.8. The number of hydrogen-bond donors (Lipinski definition) is 0. The minimum Gasteiger partial charge on any atom is -0.311 e. The summed E-state index contributed by atoms with van der Waals surface area (Å²) >= 11 is 0. The molecule has 0 aromatic heterocycles. The highest BCUT2D eigenvalue weighted by molar-refractivity contribution is 7.89. The van der Waals surface area contributed by atoms with Gasteiger partial charge in [-0.25, -0.2) is 8.42 Å². The van der Waals surface area contributed by atoms with Gasteiger partial charge in [0.1, 0.15) is 0 Å². The molecule has 2 heterocycles. The van der Waals surface area contributed by atoms with Crippen LogP contribution < -0.4 is 4.90 Å². The Morgan fingerprint density at radius 1 is 1.09 bits per heavy atom. The lowest BCUT2D eigenvalue weighted by Crippen LogP contribution is -2.35. The van der Waals surface area contributed by atoms with E-state index in [1.54, 1.807) is 34.5 Å². The Hall–Kier alpha value is -1.66. The number of amides is 1. The second-order valence-electron chi connectivity index (χ2n) is 6.38. The smallest absolute Gasteiger partial charge is 0.258 e. The molecule has 6 heteroatoms. The molecule has 0 bridgehead atoms. The third-order valence-electron chi connectivity index (χ3n) is 4.57. The minimum absolute atomic E-state index is 0.0764. The van der Waals surface area contributed by atoms with Crippen LogP contribution in [-0.2, 0) is 14.8 Å². The molecule has 0 radical (unpaired) electrons. The molecule has 1 amide bonds. The molecule has 1 aromatic carbocycles. The largest absolute Gasteiger partial charge is 0.311 e. The number of benzene rings is 1. The van der Waals surface area contributed by atoms with Crippen molar-refractivity contribution in [2.75, 3.05) is 25.0 Å². The molecular weight excluding hydrogens is 312 g/mol. The Morgan fingerprint density at radius 2 is 1.74 bits per heavy atom. The number of likely N-dealkylation sites (N-methyl/N-ethyl adjacent to an activating group) is 1. The van der Waals surface area contributed by atoms with E-state index in [0.717, 1.165) is 36.1 Å². The lowest BCUT2D eigenvalue weighted by Gasteiger charge is -2.26. The van der Waals surface area contributed by atoms with Crippen LogP contribution in [0.4, 0.5) is 5.69 Å². The number of hydrogen-bond acceptors (Lipinski definition) is 3. The molecule has 2 aliphatic heterocycles. The normalized spacial score (nSPS) is 19.2. The predicted molar refractivity (Wildman–Crippen MR) is 90.7 cm³/mol. The van der Waals surface area contributed by atoms with Crippen molar-refractivity contribution in [3.05, 3.63) is 29.3 Å². The van der Waals surface area contributed by atoms with Crippen LogP contribution >= 0.6 is 0 Å². The van der Waals surface area contributed by atoms with E-state index in [9.17, 15) is 13.2 Å². The van der Waals surface area contributed by atoms with Crippen molar-refractivity contribution < 1.29 is 13.2 Å². The molecule has 1 aromatic rings. The molecular formula is C17H22N2O3S. The monoisotopic (exact) mass is 334 g/mol. The second kappa shape index (κ2) is 5.76. The maximum atomic E-state index is 12.8. The number of piperidine rings is 1. The van der Waals surface area contributed by atoms with Gasteiger partial charge in [0.05, 0.1) is 10.6 Å². The summed E-state index contributed by atoms with van der Waals surface area (Å²) in [5, 5.41) is 0. The molecule has 0 N–H and O–H groups in total. The van der Waals surface area contributed by atoms with E-state index in [2.05, 4.69) is 0 Å². The molecule has 2 aliphatic rings. The number of fused-ring (bicyclic) bond motifs is 1. The van der Waals surface area contributed by atoms with Crippen LogP contribution in [0.3, 0.4) is 0 Å². The number of allylic oxidation sites excluding steroid dienone is 1. The first-order valence-electron chi connectivity index (χ1n) is 7.94. The number of carbonyl (C=O) groups is 1. The van der Waals surface area contributed by atoms with Crippen molar-refractivity contribution in [2.24, 2.45) is 0 Å². The van der Waals surface area contributed by atoms with Crippen LogP contribution in [0.25, 0.3) is 5.57 Å². The van der Waals surface area contributed by atoms with Crippen molar-refractivity contribution >= 4 is 27.2 Å². The number of anilines is 1.